The van der Waals surface area contributed by atoms with Crippen LogP contribution in [0.25, 0.3) is 0 Å². The summed E-state index contributed by atoms with van der Waals surface area (Å²) in [7, 11) is 0. The molecule has 118 valence electrons. The van der Waals surface area contributed by atoms with Crippen molar-refractivity contribution < 1.29 is 19.2 Å². The molecule has 2 rings (SSSR count). The van der Waals surface area contributed by atoms with Crippen LogP contribution in [0.3, 0.4) is 0 Å². The van der Waals surface area contributed by atoms with E-state index < -0.39 is 10.9 Å². The van der Waals surface area contributed by atoms with Gasteiger partial charge in [0.2, 0.25) is 0 Å². The summed E-state index contributed by atoms with van der Waals surface area (Å²) in [5.74, 6) is -0.853. The van der Waals surface area contributed by atoms with Crippen LogP contribution in [0, 0.1) is 10.1 Å². The van der Waals surface area contributed by atoms with Gasteiger partial charge in [0.15, 0.2) is 5.78 Å². The fourth-order valence-electron chi connectivity index (χ4n) is 2.15. The fraction of sp³-hybridized carbons (Fsp3) is 0.176. The minimum absolute atomic E-state index is 0.204. The first-order valence-electron chi connectivity index (χ1n) is 7.05. The molecule has 0 heterocycles. The highest BCUT2D eigenvalue weighted by molar-refractivity contribution is 6.09. The Morgan fingerprint density at radius 1 is 1.09 bits per heavy atom. The number of hydrogen-bond acceptors (Lipinski definition) is 5. The van der Waals surface area contributed by atoms with Crippen molar-refractivity contribution in [2.75, 3.05) is 6.61 Å². The topological polar surface area (TPSA) is 86.5 Å². The molecule has 0 atom stereocenters. The largest absolute Gasteiger partial charge is 0.466 e. The van der Waals surface area contributed by atoms with Gasteiger partial charge in [0, 0.05) is 22.8 Å². The van der Waals surface area contributed by atoms with Crippen LogP contribution in [-0.2, 0) is 16.0 Å². The lowest BCUT2D eigenvalue weighted by molar-refractivity contribution is -0.385. The van der Waals surface area contributed by atoms with Crippen molar-refractivity contribution in [2.24, 2.45) is 0 Å². The summed E-state index contributed by atoms with van der Waals surface area (Å²) < 4.78 is 4.80. The van der Waals surface area contributed by atoms with E-state index in [4.69, 9.17) is 4.74 Å². The Hall–Kier alpha value is -3.02. The normalized spacial score (nSPS) is 10.1. The Morgan fingerprint density at radius 3 is 2.39 bits per heavy atom. The van der Waals surface area contributed by atoms with E-state index in [-0.39, 0.29) is 35.6 Å². The van der Waals surface area contributed by atoms with E-state index in [1.54, 1.807) is 37.3 Å². The molecule has 0 aliphatic heterocycles. The summed E-state index contributed by atoms with van der Waals surface area (Å²) >= 11 is 0. The summed E-state index contributed by atoms with van der Waals surface area (Å²) in [4.78, 5) is 34.5. The van der Waals surface area contributed by atoms with Gasteiger partial charge in [-0.25, -0.2) is 0 Å². The van der Waals surface area contributed by atoms with Crippen LogP contribution < -0.4 is 0 Å². The standard InChI is InChI=1S/C17H15NO5/c1-2-23-16(19)11-13-8-9-14(10-15(13)18(21)22)17(20)12-6-4-3-5-7-12/h3-10H,2,11H2,1H3. The summed E-state index contributed by atoms with van der Waals surface area (Å²) in [5.41, 5.74) is 0.605. The molecule has 0 aliphatic carbocycles. The van der Waals surface area contributed by atoms with E-state index in [1.165, 1.54) is 18.2 Å². The maximum atomic E-state index is 12.3. The zero-order valence-electron chi connectivity index (χ0n) is 12.5. The SMILES string of the molecule is CCOC(=O)Cc1ccc(C(=O)c2ccccc2)cc1[N+](=O)[O-]. The molecule has 0 aliphatic rings. The Labute approximate surface area is 132 Å². The molecule has 6 heteroatoms. The smallest absolute Gasteiger partial charge is 0.310 e. The zero-order valence-corrected chi connectivity index (χ0v) is 12.5. The molecule has 2 aromatic carbocycles. The van der Waals surface area contributed by atoms with Gasteiger partial charge in [-0.2, -0.15) is 0 Å². The zero-order chi connectivity index (χ0) is 16.8. The molecular formula is C17H15NO5. The second kappa shape index (κ2) is 7.31. The Kier molecular flexibility index (Phi) is 5.19. The first-order chi connectivity index (χ1) is 11.0. The van der Waals surface area contributed by atoms with Gasteiger partial charge < -0.3 is 4.74 Å². The second-order valence-corrected chi connectivity index (χ2v) is 4.78. The number of rotatable bonds is 6. The molecule has 6 nitrogen and oxygen atoms in total. The summed E-state index contributed by atoms with van der Waals surface area (Å²) in [6, 6.07) is 12.6. The summed E-state index contributed by atoms with van der Waals surface area (Å²) in [5, 5.41) is 11.2. The van der Waals surface area contributed by atoms with Crippen molar-refractivity contribution in [3.8, 4) is 0 Å². The van der Waals surface area contributed by atoms with Crippen molar-refractivity contribution in [3.05, 3.63) is 75.3 Å². The Balaban J connectivity index is 2.34. The van der Waals surface area contributed by atoms with Crippen molar-refractivity contribution in [1.29, 1.82) is 0 Å². The van der Waals surface area contributed by atoms with Gasteiger partial charge in [-0.1, -0.05) is 42.5 Å². The molecule has 0 N–H and O–H groups in total. The molecule has 0 fully saturated rings. The van der Waals surface area contributed by atoms with E-state index in [2.05, 4.69) is 0 Å². The van der Waals surface area contributed by atoms with Crippen LogP contribution in [0.1, 0.15) is 28.4 Å². The predicted octanol–water partition coefficient (Wildman–Crippen LogP) is 2.93. The molecular weight excluding hydrogens is 298 g/mol. The highest BCUT2D eigenvalue weighted by atomic mass is 16.6. The van der Waals surface area contributed by atoms with Gasteiger partial charge in [-0.3, -0.25) is 19.7 Å². The second-order valence-electron chi connectivity index (χ2n) is 4.78. The van der Waals surface area contributed by atoms with Gasteiger partial charge >= 0.3 is 5.97 Å². The number of carbonyl (C=O) groups excluding carboxylic acids is 2. The number of nitrogens with zero attached hydrogens (tertiary/aromatic N) is 1. The van der Waals surface area contributed by atoms with Crippen LogP contribution in [0.15, 0.2) is 48.5 Å². The third-order valence-electron chi connectivity index (χ3n) is 3.22. The van der Waals surface area contributed by atoms with Crippen molar-refractivity contribution in [3.63, 3.8) is 0 Å². The van der Waals surface area contributed by atoms with Gasteiger partial charge in [-0.05, 0) is 6.92 Å². The predicted molar refractivity (Wildman–Crippen MR) is 83.3 cm³/mol. The van der Waals surface area contributed by atoms with Crippen LogP contribution in [-0.4, -0.2) is 23.3 Å². The highest BCUT2D eigenvalue weighted by Gasteiger charge is 2.20. The first-order valence-corrected chi connectivity index (χ1v) is 7.05. The molecule has 0 unspecified atom stereocenters. The number of nitro groups is 1. The van der Waals surface area contributed by atoms with E-state index in [9.17, 15) is 19.7 Å². The fourth-order valence-corrected chi connectivity index (χ4v) is 2.15. The highest BCUT2D eigenvalue weighted by Crippen LogP contribution is 2.23. The van der Waals surface area contributed by atoms with Gasteiger partial charge in [0.25, 0.3) is 5.69 Å². The maximum absolute atomic E-state index is 12.3. The van der Waals surface area contributed by atoms with Crippen molar-refractivity contribution >= 4 is 17.4 Å². The monoisotopic (exact) mass is 313 g/mol. The van der Waals surface area contributed by atoms with Crippen LogP contribution >= 0.6 is 0 Å². The van der Waals surface area contributed by atoms with E-state index in [1.807, 2.05) is 0 Å². The molecule has 0 amide bonds. The molecule has 23 heavy (non-hydrogen) atoms. The molecule has 0 bridgehead atoms. The van der Waals surface area contributed by atoms with Crippen molar-refractivity contribution in [1.82, 2.24) is 0 Å². The third kappa shape index (κ3) is 4.00. The van der Waals surface area contributed by atoms with Crippen molar-refractivity contribution in [2.45, 2.75) is 13.3 Å². The average Bonchev–Trinajstić information content (AvgIpc) is 2.55. The van der Waals surface area contributed by atoms with Crippen LogP contribution in [0.5, 0.6) is 0 Å². The molecule has 0 spiro atoms. The average molecular weight is 313 g/mol. The number of nitro benzene ring substituents is 1. The maximum Gasteiger partial charge on any atom is 0.310 e. The van der Waals surface area contributed by atoms with Crippen LogP contribution in [0.2, 0.25) is 0 Å². The lowest BCUT2D eigenvalue weighted by atomic mass is 10.00. The Morgan fingerprint density at radius 2 is 1.78 bits per heavy atom. The number of esters is 1. The lowest BCUT2D eigenvalue weighted by Crippen LogP contribution is -2.10. The van der Waals surface area contributed by atoms with E-state index in [0.29, 0.717) is 5.56 Å². The lowest BCUT2D eigenvalue weighted by Gasteiger charge is -2.06. The van der Waals surface area contributed by atoms with Crippen LogP contribution in [0.4, 0.5) is 5.69 Å². The molecule has 2 aromatic rings. The first kappa shape index (κ1) is 16.4. The minimum Gasteiger partial charge on any atom is -0.466 e. The number of hydrogen-bond donors (Lipinski definition) is 0. The summed E-state index contributed by atoms with van der Waals surface area (Å²) in [6.07, 6.45) is -0.204. The Bertz CT molecular complexity index is 740. The van der Waals surface area contributed by atoms with E-state index in [0.717, 1.165) is 0 Å². The molecule has 0 radical (unpaired) electrons. The number of ketones is 1. The van der Waals surface area contributed by atoms with Gasteiger partial charge in [-0.15, -0.1) is 0 Å². The third-order valence-corrected chi connectivity index (χ3v) is 3.22. The molecule has 0 saturated carbocycles. The molecule has 0 aromatic heterocycles. The van der Waals surface area contributed by atoms with Gasteiger partial charge in [0.1, 0.15) is 0 Å². The number of carbonyl (C=O) groups is 2. The summed E-state index contributed by atoms with van der Waals surface area (Å²) in [6.45, 7) is 1.87. The van der Waals surface area contributed by atoms with E-state index >= 15 is 0 Å². The quantitative estimate of drug-likeness (QED) is 0.354. The molecule has 0 saturated heterocycles. The number of ether oxygens (including phenoxy) is 1. The minimum atomic E-state index is -0.601. The van der Waals surface area contributed by atoms with Gasteiger partial charge in [0.05, 0.1) is 18.0 Å². The number of benzene rings is 2.